The first-order valence-corrected chi connectivity index (χ1v) is 8.31. The van der Waals surface area contributed by atoms with E-state index in [2.05, 4.69) is 20.6 Å². The summed E-state index contributed by atoms with van der Waals surface area (Å²) in [7, 11) is 1.59. The number of hydrogen-bond donors (Lipinski definition) is 3. The summed E-state index contributed by atoms with van der Waals surface area (Å²) in [5.41, 5.74) is 1.50. The fraction of sp³-hybridized carbons (Fsp3) is 0.222. The average molecular weight is 359 g/mol. The Balaban J connectivity index is 1.97. The van der Waals surface area contributed by atoms with E-state index in [1.54, 1.807) is 25.3 Å². The molecule has 0 saturated carbocycles. The zero-order valence-corrected chi connectivity index (χ0v) is 14.5. The van der Waals surface area contributed by atoms with Gasteiger partial charge in [0.2, 0.25) is 5.95 Å². The molecule has 130 valence electrons. The van der Waals surface area contributed by atoms with Crippen LogP contribution in [0.25, 0.3) is 10.9 Å². The number of aliphatic hydroxyl groups is 1. The molecule has 0 bridgehead atoms. The van der Waals surface area contributed by atoms with Crippen LogP contribution in [0.2, 0.25) is 5.02 Å². The molecule has 0 fully saturated rings. The predicted octanol–water partition coefficient (Wildman–Crippen LogP) is 3.83. The number of nitrogens with zero attached hydrogens (tertiary/aromatic N) is 2. The van der Waals surface area contributed by atoms with Crippen LogP contribution in [0, 0.1) is 0 Å². The van der Waals surface area contributed by atoms with E-state index < -0.39 is 0 Å². The smallest absolute Gasteiger partial charge is 0.229 e. The molecule has 3 aromatic rings. The first kappa shape index (κ1) is 17.3. The van der Waals surface area contributed by atoms with Gasteiger partial charge in [-0.25, -0.2) is 4.98 Å². The average Bonchev–Trinajstić information content (AvgIpc) is 2.62. The third-order valence-corrected chi connectivity index (χ3v) is 3.87. The van der Waals surface area contributed by atoms with Crippen LogP contribution in [0.5, 0.6) is 5.75 Å². The Labute approximate surface area is 150 Å². The molecule has 0 unspecified atom stereocenters. The van der Waals surface area contributed by atoms with E-state index in [4.69, 9.17) is 21.4 Å². The van der Waals surface area contributed by atoms with Gasteiger partial charge in [0.25, 0.3) is 0 Å². The molecule has 0 aliphatic carbocycles. The number of aliphatic hydroxyl groups excluding tert-OH is 1. The number of halogens is 1. The van der Waals surface area contributed by atoms with Crippen molar-refractivity contribution < 1.29 is 9.84 Å². The van der Waals surface area contributed by atoms with Crippen molar-refractivity contribution in [2.45, 2.75) is 6.42 Å². The number of para-hydroxylation sites is 1. The Morgan fingerprint density at radius 2 is 2.00 bits per heavy atom. The third-order valence-electron chi connectivity index (χ3n) is 3.64. The fourth-order valence-electron chi connectivity index (χ4n) is 2.45. The van der Waals surface area contributed by atoms with Gasteiger partial charge < -0.3 is 20.5 Å². The van der Waals surface area contributed by atoms with Crippen LogP contribution >= 0.6 is 11.6 Å². The van der Waals surface area contributed by atoms with Gasteiger partial charge in [-0.15, -0.1) is 0 Å². The highest BCUT2D eigenvalue weighted by atomic mass is 35.5. The Kier molecular flexibility index (Phi) is 5.53. The molecule has 1 heterocycles. The summed E-state index contributed by atoms with van der Waals surface area (Å²) in [6.07, 6.45) is 0.642. The van der Waals surface area contributed by atoms with Crippen LogP contribution in [0.3, 0.4) is 0 Å². The van der Waals surface area contributed by atoms with E-state index in [9.17, 15) is 0 Å². The Hall–Kier alpha value is -2.57. The molecule has 7 heteroatoms. The predicted molar refractivity (Wildman–Crippen MR) is 101 cm³/mol. The van der Waals surface area contributed by atoms with Gasteiger partial charge in [0.05, 0.1) is 18.3 Å². The number of anilines is 3. The van der Waals surface area contributed by atoms with E-state index in [0.29, 0.717) is 41.2 Å². The zero-order valence-electron chi connectivity index (χ0n) is 13.8. The lowest BCUT2D eigenvalue weighted by atomic mass is 10.2. The largest absolute Gasteiger partial charge is 0.495 e. The fourth-order valence-corrected chi connectivity index (χ4v) is 2.62. The Bertz CT molecular complexity index is 873. The number of hydrogen-bond acceptors (Lipinski definition) is 6. The van der Waals surface area contributed by atoms with Gasteiger partial charge in [-0.2, -0.15) is 4.98 Å². The van der Waals surface area contributed by atoms with Crippen molar-refractivity contribution in [1.82, 2.24) is 9.97 Å². The molecule has 6 nitrogen and oxygen atoms in total. The summed E-state index contributed by atoms with van der Waals surface area (Å²) in [6, 6.07) is 13.1. The molecule has 0 aliphatic heterocycles. The summed E-state index contributed by atoms with van der Waals surface area (Å²) >= 11 is 6.08. The molecule has 0 amide bonds. The summed E-state index contributed by atoms with van der Waals surface area (Å²) in [6.45, 7) is 0.748. The number of nitrogens with one attached hydrogen (secondary N) is 2. The minimum Gasteiger partial charge on any atom is -0.495 e. The minimum absolute atomic E-state index is 0.126. The van der Waals surface area contributed by atoms with Crippen molar-refractivity contribution >= 4 is 40.0 Å². The van der Waals surface area contributed by atoms with Crippen molar-refractivity contribution in [3.05, 3.63) is 47.5 Å². The minimum atomic E-state index is 0.126. The zero-order chi connectivity index (χ0) is 17.6. The van der Waals surface area contributed by atoms with Gasteiger partial charge in [-0.1, -0.05) is 23.7 Å². The van der Waals surface area contributed by atoms with Crippen LogP contribution < -0.4 is 15.4 Å². The highest BCUT2D eigenvalue weighted by Gasteiger charge is 2.10. The number of ether oxygens (including phenoxy) is 1. The van der Waals surface area contributed by atoms with Gasteiger partial charge in [0.1, 0.15) is 11.6 Å². The van der Waals surface area contributed by atoms with Crippen LogP contribution in [-0.4, -0.2) is 35.3 Å². The highest BCUT2D eigenvalue weighted by molar-refractivity contribution is 6.31. The molecular weight excluding hydrogens is 340 g/mol. The second kappa shape index (κ2) is 8.00. The maximum atomic E-state index is 8.98. The molecule has 0 radical (unpaired) electrons. The second-order valence-corrected chi connectivity index (χ2v) is 5.82. The normalized spacial score (nSPS) is 10.7. The van der Waals surface area contributed by atoms with E-state index >= 15 is 0 Å². The first-order chi connectivity index (χ1) is 12.2. The Morgan fingerprint density at radius 1 is 1.16 bits per heavy atom. The monoisotopic (exact) mass is 358 g/mol. The lowest BCUT2D eigenvalue weighted by Crippen LogP contribution is -2.08. The van der Waals surface area contributed by atoms with Crippen molar-refractivity contribution in [2.24, 2.45) is 0 Å². The summed E-state index contributed by atoms with van der Waals surface area (Å²) in [5.74, 6) is 1.80. The van der Waals surface area contributed by atoms with E-state index in [1.807, 2.05) is 24.3 Å². The summed E-state index contributed by atoms with van der Waals surface area (Å²) < 4.78 is 5.35. The first-order valence-electron chi connectivity index (χ1n) is 7.93. The second-order valence-electron chi connectivity index (χ2n) is 5.39. The van der Waals surface area contributed by atoms with E-state index in [0.717, 1.165) is 10.9 Å². The number of aromatic nitrogens is 2. The third kappa shape index (κ3) is 4.10. The van der Waals surface area contributed by atoms with Gasteiger partial charge in [-0.3, -0.25) is 0 Å². The maximum Gasteiger partial charge on any atom is 0.229 e. The standard InChI is InChI=1S/C18H19ClN4O2/c1-25-16-8-7-12(19)11-15(16)22-18-21-14-6-3-2-5-13(14)17(23-18)20-9-4-10-24/h2-3,5-8,11,24H,4,9-10H2,1H3,(H2,20,21,22,23). The number of benzene rings is 2. The van der Waals surface area contributed by atoms with Gasteiger partial charge in [-0.05, 0) is 36.8 Å². The molecule has 0 aliphatic rings. The van der Waals surface area contributed by atoms with Crippen LogP contribution in [0.1, 0.15) is 6.42 Å². The van der Waals surface area contributed by atoms with Crippen LogP contribution in [-0.2, 0) is 0 Å². The van der Waals surface area contributed by atoms with Gasteiger partial charge in [0, 0.05) is 23.6 Å². The van der Waals surface area contributed by atoms with E-state index in [-0.39, 0.29) is 6.61 Å². The summed E-state index contributed by atoms with van der Waals surface area (Å²) in [5, 5.41) is 16.9. The maximum absolute atomic E-state index is 8.98. The molecule has 25 heavy (non-hydrogen) atoms. The molecule has 0 atom stereocenters. The Morgan fingerprint density at radius 3 is 2.80 bits per heavy atom. The quantitative estimate of drug-likeness (QED) is 0.557. The molecule has 2 aromatic carbocycles. The van der Waals surface area contributed by atoms with Crippen LogP contribution in [0.4, 0.5) is 17.5 Å². The SMILES string of the molecule is COc1ccc(Cl)cc1Nc1nc(NCCCO)c2ccccc2n1. The molecular formula is C18H19ClN4O2. The van der Waals surface area contributed by atoms with Crippen molar-refractivity contribution in [2.75, 3.05) is 30.9 Å². The van der Waals surface area contributed by atoms with Gasteiger partial charge >= 0.3 is 0 Å². The topological polar surface area (TPSA) is 79.3 Å². The van der Waals surface area contributed by atoms with E-state index in [1.165, 1.54) is 0 Å². The molecule has 0 spiro atoms. The number of methoxy groups -OCH3 is 1. The lowest BCUT2D eigenvalue weighted by molar-refractivity contribution is 0.292. The molecule has 1 aromatic heterocycles. The van der Waals surface area contributed by atoms with Gasteiger partial charge in [0.15, 0.2) is 0 Å². The van der Waals surface area contributed by atoms with Crippen molar-refractivity contribution in [1.29, 1.82) is 0 Å². The van der Waals surface area contributed by atoms with Crippen molar-refractivity contribution in [3.63, 3.8) is 0 Å². The number of fused-ring (bicyclic) bond motifs is 1. The van der Waals surface area contributed by atoms with Crippen molar-refractivity contribution in [3.8, 4) is 5.75 Å². The molecule has 3 N–H and O–H groups in total. The lowest BCUT2D eigenvalue weighted by Gasteiger charge is -2.13. The summed E-state index contributed by atoms with van der Waals surface area (Å²) in [4.78, 5) is 9.11. The van der Waals surface area contributed by atoms with Crippen LogP contribution in [0.15, 0.2) is 42.5 Å². The highest BCUT2D eigenvalue weighted by Crippen LogP contribution is 2.31. The number of rotatable bonds is 7. The molecule has 0 saturated heterocycles. The molecule has 3 rings (SSSR count).